The van der Waals surface area contributed by atoms with Crippen LogP contribution in [0.3, 0.4) is 0 Å². The Morgan fingerprint density at radius 2 is 2.08 bits per heavy atom. The molecule has 0 bridgehead atoms. The first-order valence-corrected chi connectivity index (χ1v) is 8.97. The van der Waals surface area contributed by atoms with Gasteiger partial charge in [0.1, 0.15) is 6.33 Å². The van der Waals surface area contributed by atoms with Crippen LogP contribution >= 0.6 is 11.8 Å². The summed E-state index contributed by atoms with van der Waals surface area (Å²) >= 11 is 1.33. The van der Waals surface area contributed by atoms with Crippen LogP contribution < -0.4 is 14.8 Å². The fourth-order valence-corrected chi connectivity index (χ4v) is 3.35. The van der Waals surface area contributed by atoms with Gasteiger partial charge in [-0.3, -0.25) is 9.36 Å². The van der Waals surface area contributed by atoms with Crippen LogP contribution in [-0.4, -0.2) is 33.2 Å². The maximum Gasteiger partial charge on any atom is 0.234 e. The molecular formula is C18H16N4O3S. The molecule has 2 heterocycles. The van der Waals surface area contributed by atoms with Crippen LogP contribution in [0.15, 0.2) is 53.9 Å². The van der Waals surface area contributed by atoms with Crippen LogP contribution in [0.2, 0.25) is 0 Å². The fraction of sp³-hybridized carbons (Fsp3) is 0.167. The minimum Gasteiger partial charge on any atom is -0.454 e. The predicted molar refractivity (Wildman–Crippen MR) is 98.0 cm³/mol. The van der Waals surface area contributed by atoms with Crippen molar-refractivity contribution in [2.75, 3.05) is 17.9 Å². The molecule has 8 heteroatoms. The van der Waals surface area contributed by atoms with E-state index in [2.05, 4.69) is 15.5 Å². The molecule has 0 saturated carbocycles. The second-order valence-corrected chi connectivity index (χ2v) is 6.62. The van der Waals surface area contributed by atoms with Gasteiger partial charge in [-0.05, 0) is 30.7 Å². The molecule has 26 heavy (non-hydrogen) atoms. The Labute approximate surface area is 154 Å². The number of carbonyl (C=O) groups is 1. The lowest BCUT2D eigenvalue weighted by Gasteiger charge is -2.09. The Morgan fingerprint density at radius 1 is 1.23 bits per heavy atom. The molecular weight excluding hydrogens is 352 g/mol. The van der Waals surface area contributed by atoms with E-state index in [4.69, 9.17) is 9.47 Å². The molecule has 0 saturated heterocycles. The van der Waals surface area contributed by atoms with E-state index in [0.717, 1.165) is 11.3 Å². The molecule has 7 nitrogen and oxygen atoms in total. The summed E-state index contributed by atoms with van der Waals surface area (Å²) < 4.78 is 12.5. The zero-order valence-corrected chi connectivity index (χ0v) is 14.8. The van der Waals surface area contributed by atoms with E-state index in [1.54, 1.807) is 24.5 Å². The number of fused-ring (bicyclic) bond motifs is 1. The van der Waals surface area contributed by atoms with E-state index in [1.807, 2.05) is 35.8 Å². The summed E-state index contributed by atoms with van der Waals surface area (Å²) in [6.07, 6.45) is 1.65. The van der Waals surface area contributed by atoms with Gasteiger partial charge in [0.25, 0.3) is 0 Å². The van der Waals surface area contributed by atoms with Crippen LogP contribution in [0.4, 0.5) is 5.69 Å². The van der Waals surface area contributed by atoms with Gasteiger partial charge in [0, 0.05) is 11.8 Å². The maximum absolute atomic E-state index is 12.3. The summed E-state index contributed by atoms with van der Waals surface area (Å²) in [6, 6.07) is 13.3. The Balaban J connectivity index is 1.41. The Kier molecular flexibility index (Phi) is 4.49. The normalized spacial score (nSPS) is 12.2. The van der Waals surface area contributed by atoms with E-state index >= 15 is 0 Å². The second kappa shape index (κ2) is 7.09. The molecule has 1 aliphatic rings. The summed E-state index contributed by atoms with van der Waals surface area (Å²) in [7, 11) is 0. The van der Waals surface area contributed by atoms with E-state index in [1.165, 1.54) is 11.8 Å². The lowest BCUT2D eigenvalue weighted by molar-refractivity contribution is -0.113. The number of nitrogens with zero attached hydrogens (tertiary/aromatic N) is 3. The molecule has 0 atom stereocenters. The minimum atomic E-state index is -0.131. The summed E-state index contributed by atoms with van der Waals surface area (Å²) in [6.45, 7) is 2.23. The molecule has 0 fully saturated rings. The topological polar surface area (TPSA) is 78.3 Å². The zero-order valence-electron chi connectivity index (χ0n) is 14.0. The molecule has 0 spiro atoms. The van der Waals surface area contributed by atoms with Gasteiger partial charge in [-0.2, -0.15) is 0 Å². The van der Waals surface area contributed by atoms with E-state index < -0.39 is 0 Å². The molecule has 3 aromatic rings. The van der Waals surface area contributed by atoms with Crippen LogP contribution in [0.25, 0.3) is 5.69 Å². The molecule has 1 aliphatic heterocycles. The van der Waals surface area contributed by atoms with Crippen molar-refractivity contribution < 1.29 is 14.3 Å². The largest absolute Gasteiger partial charge is 0.454 e. The lowest BCUT2D eigenvalue weighted by atomic mass is 10.2. The van der Waals surface area contributed by atoms with E-state index in [-0.39, 0.29) is 18.5 Å². The van der Waals surface area contributed by atoms with Gasteiger partial charge >= 0.3 is 0 Å². The number of para-hydroxylation sites is 1. The number of thioether (sulfide) groups is 1. The number of hydrogen-bond acceptors (Lipinski definition) is 6. The first kappa shape index (κ1) is 16.5. The van der Waals surface area contributed by atoms with Gasteiger partial charge in [0.2, 0.25) is 12.7 Å². The number of benzene rings is 2. The number of nitrogens with one attached hydrogen (secondary N) is 1. The van der Waals surface area contributed by atoms with Crippen molar-refractivity contribution in [2.24, 2.45) is 0 Å². The average Bonchev–Trinajstić information content (AvgIpc) is 3.29. The second-order valence-electron chi connectivity index (χ2n) is 5.67. The predicted octanol–water partition coefficient (Wildman–Crippen LogP) is 3.04. The maximum atomic E-state index is 12.3. The summed E-state index contributed by atoms with van der Waals surface area (Å²) in [5.74, 6) is 1.41. The highest BCUT2D eigenvalue weighted by Crippen LogP contribution is 2.34. The van der Waals surface area contributed by atoms with Crippen LogP contribution in [0, 0.1) is 6.92 Å². The van der Waals surface area contributed by atoms with Crippen molar-refractivity contribution in [2.45, 2.75) is 12.1 Å². The molecule has 1 N–H and O–H groups in total. The first-order valence-electron chi connectivity index (χ1n) is 7.99. The highest BCUT2D eigenvalue weighted by molar-refractivity contribution is 7.99. The third-order valence-electron chi connectivity index (χ3n) is 3.88. The number of anilines is 1. The number of hydrogen-bond donors (Lipinski definition) is 1. The molecule has 0 radical (unpaired) electrons. The van der Waals surface area contributed by atoms with Crippen LogP contribution in [-0.2, 0) is 4.79 Å². The van der Waals surface area contributed by atoms with Crippen LogP contribution in [0.5, 0.6) is 11.5 Å². The summed E-state index contributed by atoms with van der Waals surface area (Å²) in [4.78, 5) is 12.3. The molecule has 1 amide bonds. The lowest BCUT2D eigenvalue weighted by Crippen LogP contribution is -2.14. The third kappa shape index (κ3) is 3.36. The highest BCUT2D eigenvalue weighted by atomic mass is 32.2. The number of amides is 1. The number of aryl methyl sites for hydroxylation is 1. The summed E-state index contributed by atoms with van der Waals surface area (Å²) in [5.41, 5.74) is 2.77. The fourth-order valence-electron chi connectivity index (χ4n) is 2.62. The number of carbonyl (C=O) groups excluding carboxylic acids is 1. The van der Waals surface area contributed by atoms with Crippen molar-refractivity contribution in [1.29, 1.82) is 0 Å². The Morgan fingerprint density at radius 3 is 2.96 bits per heavy atom. The molecule has 1 aromatic heterocycles. The standard InChI is InChI=1S/C18H16N4O3S/c1-12-4-2-3-5-14(12)22-10-19-21-18(22)26-9-17(23)20-13-6-7-15-16(8-13)25-11-24-15/h2-8,10H,9,11H2,1H3,(H,20,23). The molecule has 2 aromatic carbocycles. The van der Waals surface area contributed by atoms with Crippen LogP contribution in [0.1, 0.15) is 5.56 Å². The molecule has 132 valence electrons. The Bertz CT molecular complexity index is 957. The highest BCUT2D eigenvalue weighted by Gasteiger charge is 2.15. The number of ether oxygens (including phenoxy) is 2. The van der Waals surface area contributed by atoms with Crippen molar-refractivity contribution in [3.63, 3.8) is 0 Å². The van der Waals surface area contributed by atoms with Gasteiger partial charge in [0.15, 0.2) is 16.7 Å². The summed E-state index contributed by atoms with van der Waals surface area (Å²) in [5, 5.41) is 11.6. The monoisotopic (exact) mass is 368 g/mol. The van der Waals surface area contributed by atoms with Gasteiger partial charge < -0.3 is 14.8 Å². The molecule has 0 unspecified atom stereocenters. The van der Waals surface area contributed by atoms with E-state index in [0.29, 0.717) is 22.3 Å². The number of rotatable bonds is 5. The minimum absolute atomic E-state index is 0.131. The molecule has 4 rings (SSSR count). The third-order valence-corrected chi connectivity index (χ3v) is 4.82. The number of aromatic nitrogens is 3. The van der Waals surface area contributed by atoms with Crippen molar-refractivity contribution in [3.8, 4) is 17.2 Å². The smallest absolute Gasteiger partial charge is 0.234 e. The van der Waals surface area contributed by atoms with Crippen molar-refractivity contribution in [1.82, 2.24) is 14.8 Å². The average molecular weight is 368 g/mol. The SMILES string of the molecule is Cc1ccccc1-n1cnnc1SCC(=O)Nc1ccc2c(c1)OCO2. The van der Waals surface area contributed by atoms with Gasteiger partial charge in [0.05, 0.1) is 11.4 Å². The Hall–Kier alpha value is -3.00. The van der Waals surface area contributed by atoms with Crippen molar-refractivity contribution >= 4 is 23.4 Å². The van der Waals surface area contributed by atoms with Gasteiger partial charge in [-0.15, -0.1) is 10.2 Å². The van der Waals surface area contributed by atoms with Gasteiger partial charge in [-0.1, -0.05) is 30.0 Å². The quantitative estimate of drug-likeness (QED) is 0.698. The first-order chi connectivity index (χ1) is 12.7. The van der Waals surface area contributed by atoms with Gasteiger partial charge in [-0.25, -0.2) is 0 Å². The molecule has 0 aliphatic carbocycles. The van der Waals surface area contributed by atoms with Crippen molar-refractivity contribution in [3.05, 3.63) is 54.4 Å². The van der Waals surface area contributed by atoms with E-state index in [9.17, 15) is 4.79 Å². The zero-order chi connectivity index (χ0) is 17.9.